The molecule has 0 unspecified atom stereocenters. The Morgan fingerprint density at radius 1 is 1.20 bits per heavy atom. The van der Waals surface area contributed by atoms with Gasteiger partial charge in [-0.3, -0.25) is 4.79 Å². The fourth-order valence-corrected chi connectivity index (χ4v) is 2.64. The number of nitrogens with two attached hydrogens (primary N) is 1. The summed E-state index contributed by atoms with van der Waals surface area (Å²) in [5, 5.41) is 0. The first kappa shape index (κ1) is 12.6. The van der Waals surface area contributed by atoms with Gasteiger partial charge in [0.15, 0.2) is 5.78 Å². The number of aromatic nitrogens is 2. The average Bonchev–Trinajstić information content (AvgIpc) is 2.47. The number of Topliss-reactive ketones (excluding diaryl/α,β-unsaturated/α-hetero) is 1. The molecule has 5 heteroatoms. The lowest BCUT2D eigenvalue weighted by Crippen LogP contribution is -2.22. The first-order chi connectivity index (χ1) is 9.69. The summed E-state index contributed by atoms with van der Waals surface area (Å²) >= 11 is 0. The zero-order chi connectivity index (χ0) is 14.1. The van der Waals surface area contributed by atoms with Gasteiger partial charge in [-0.05, 0) is 30.0 Å². The molecule has 5 nitrogen and oxygen atoms in total. The zero-order valence-corrected chi connectivity index (χ0v) is 11.2. The summed E-state index contributed by atoms with van der Waals surface area (Å²) in [4.78, 5) is 20.3. The molecule has 1 heterocycles. The molecule has 0 amide bonds. The molecular formula is C15H15N3O2. The van der Waals surface area contributed by atoms with E-state index in [1.807, 2.05) is 24.3 Å². The summed E-state index contributed by atoms with van der Waals surface area (Å²) in [5.41, 5.74) is 8.12. The summed E-state index contributed by atoms with van der Waals surface area (Å²) < 4.78 is 5.15. The van der Waals surface area contributed by atoms with Crippen molar-refractivity contribution in [3.05, 3.63) is 47.4 Å². The lowest BCUT2D eigenvalue weighted by atomic mass is 9.82. The number of hydrogen-bond donors (Lipinski definition) is 1. The second-order valence-electron chi connectivity index (χ2n) is 4.88. The normalized spacial score (nSPS) is 17.6. The third-order valence-corrected chi connectivity index (χ3v) is 3.69. The lowest BCUT2D eigenvalue weighted by molar-refractivity contribution is 0.0963. The van der Waals surface area contributed by atoms with Gasteiger partial charge in [-0.25, -0.2) is 9.97 Å². The molecule has 3 rings (SSSR count). The van der Waals surface area contributed by atoms with Gasteiger partial charge in [0.25, 0.3) is 0 Å². The fraction of sp³-hybridized carbons (Fsp3) is 0.267. The zero-order valence-electron chi connectivity index (χ0n) is 11.2. The predicted molar refractivity (Wildman–Crippen MR) is 74.8 cm³/mol. The van der Waals surface area contributed by atoms with Gasteiger partial charge in [-0.15, -0.1) is 0 Å². The molecule has 102 valence electrons. The molecule has 0 spiro atoms. The van der Waals surface area contributed by atoms with Crippen molar-refractivity contribution in [3.8, 4) is 5.75 Å². The molecule has 0 radical (unpaired) electrons. The largest absolute Gasteiger partial charge is 0.497 e. The van der Waals surface area contributed by atoms with Gasteiger partial charge in [0.1, 0.15) is 17.9 Å². The Labute approximate surface area is 116 Å². The predicted octanol–water partition coefficient (Wildman–Crippen LogP) is 1.98. The van der Waals surface area contributed by atoms with E-state index in [1.54, 1.807) is 7.11 Å². The Kier molecular flexibility index (Phi) is 3.10. The van der Waals surface area contributed by atoms with Gasteiger partial charge < -0.3 is 10.5 Å². The minimum absolute atomic E-state index is 0.0187. The minimum Gasteiger partial charge on any atom is -0.497 e. The maximum absolute atomic E-state index is 12.2. The second-order valence-corrected chi connectivity index (χ2v) is 4.88. The highest BCUT2D eigenvalue weighted by Crippen LogP contribution is 2.33. The summed E-state index contributed by atoms with van der Waals surface area (Å²) in [6.07, 6.45) is 2.56. The van der Waals surface area contributed by atoms with E-state index in [0.29, 0.717) is 18.4 Å². The smallest absolute Gasteiger partial charge is 0.169 e. The van der Waals surface area contributed by atoms with Crippen molar-refractivity contribution in [2.75, 3.05) is 12.8 Å². The quantitative estimate of drug-likeness (QED) is 0.902. The number of hydrogen-bond acceptors (Lipinski definition) is 5. The van der Waals surface area contributed by atoms with E-state index in [-0.39, 0.29) is 17.5 Å². The highest BCUT2D eigenvalue weighted by atomic mass is 16.5. The maximum atomic E-state index is 12.2. The highest BCUT2D eigenvalue weighted by Gasteiger charge is 2.29. The molecular weight excluding hydrogens is 254 g/mol. The van der Waals surface area contributed by atoms with Crippen LogP contribution in [0.1, 0.15) is 34.0 Å². The fourth-order valence-electron chi connectivity index (χ4n) is 2.64. The van der Waals surface area contributed by atoms with E-state index < -0.39 is 0 Å². The van der Waals surface area contributed by atoms with Crippen molar-refractivity contribution < 1.29 is 9.53 Å². The Balaban J connectivity index is 1.93. The summed E-state index contributed by atoms with van der Waals surface area (Å²) in [6, 6.07) is 7.80. The summed E-state index contributed by atoms with van der Waals surface area (Å²) in [5.74, 6) is 1.25. The number of benzene rings is 1. The number of methoxy groups -OCH3 is 1. The van der Waals surface area contributed by atoms with Crippen LogP contribution in [0.2, 0.25) is 0 Å². The third kappa shape index (κ3) is 2.11. The molecule has 0 saturated carbocycles. The molecule has 2 aromatic rings. The SMILES string of the molecule is COc1ccc([C@@H]2CC(=O)c3c(N)ncnc3C2)cc1. The lowest BCUT2D eigenvalue weighted by Gasteiger charge is -2.23. The standard InChI is InChI=1S/C15H15N3O2/c1-20-11-4-2-9(3-5-11)10-6-12-14(13(19)7-10)15(16)18-8-17-12/h2-5,8,10H,6-7H2,1H3,(H2,16,17,18)/t10-/m0/s1. The number of rotatable bonds is 2. The van der Waals surface area contributed by atoms with Crippen LogP contribution in [0.5, 0.6) is 5.75 Å². The van der Waals surface area contributed by atoms with Crippen molar-refractivity contribution in [1.29, 1.82) is 0 Å². The molecule has 20 heavy (non-hydrogen) atoms. The van der Waals surface area contributed by atoms with E-state index in [4.69, 9.17) is 10.5 Å². The molecule has 1 atom stereocenters. The van der Waals surface area contributed by atoms with Gasteiger partial charge in [0.05, 0.1) is 18.4 Å². The number of ketones is 1. The van der Waals surface area contributed by atoms with E-state index in [2.05, 4.69) is 9.97 Å². The Morgan fingerprint density at radius 3 is 2.65 bits per heavy atom. The first-order valence-corrected chi connectivity index (χ1v) is 6.45. The van der Waals surface area contributed by atoms with Gasteiger partial charge in [-0.1, -0.05) is 12.1 Å². The molecule has 0 aliphatic heterocycles. The molecule has 1 aromatic carbocycles. The van der Waals surface area contributed by atoms with Crippen LogP contribution in [0, 0.1) is 0 Å². The number of fused-ring (bicyclic) bond motifs is 1. The van der Waals surface area contributed by atoms with E-state index in [1.165, 1.54) is 6.33 Å². The highest BCUT2D eigenvalue weighted by molar-refractivity contribution is 6.02. The van der Waals surface area contributed by atoms with Gasteiger partial charge in [0.2, 0.25) is 0 Å². The Morgan fingerprint density at radius 2 is 1.95 bits per heavy atom. The van der Waals surface area contributed by atoms with Crippen molar-refractivity contribution in [2.24, 2.45) is 0 Å². The van der Waals surface area contributed by atoms with Crippen LogP contribution in [0.25, 0.3) is 0 Å². The number of nitrogens with zero attached hydrogens (tertiary/aromatic N) is 2. The molecule has 1 aliphatic carbocycles. The maximum Gasteiger partial charge on any atom is 0.169 e. The van der Waals surface area contributed by atoms with Crippen molar-refractivity contribution in [3.63, 3.8) is 0 Å². The Hall–Kier alpha value is -2.43. The number of carbonyl (C=O) groups is 1. The molecule has 2 N–H and O–H groups in total. The van der Waals surface area contributed by atoms with Crippen LogP contribution in [0.4, 0.5) is 5.82 Å². The molecule has 0 fully saturated rings. The molecule has 1 aliphatic rings. The van der Waals surface area contributed by atoms with E-state index in [0.717, 1.165) is 17.0 Å². The van der Waals surface area contributed by atoms with Crippen LogP contribution >= 0.6 is 0 Å². The molecule has 0 bridgehead atoms. The third-order valence-electron chi connectivity index (χ3n) is 3.69. The van der Waals surface area contributed by atoms with Crippen LogP contribution in [-0.2, 0) is 6.42 Å². The van der Waals surface area contributed by atoms with Crippen molar-refractivity contribution >= 4 is 11.6 Å². The number of ether oxygens (including phenoxy) is 1. The summed E-state index contributed by atoms with van der Waals surface area (Å²) in [7, 11) is 1.63. The van der Waals surface area contributed by atoms with Gasteiger partial charge in [-0.2, -0.15) is 0 Å². The second kappa shape index (κ2) is 4.92. The average molecular weight is 269 g/mol. The van der Waals surface area contributed by atoms with Crippen LogP contribution in [0.3, 0.4) is 0 Å². The molecule has 1 aromatic heterocycles. The topological polar surface area (TPSA) is 78.1 Å². The Bertz CT molecular complexity index is 653. The van der Waals surface area contributed by atoms with Crippen molar-refractivity contribution in [2.45, 2.75) is 18.8 Å². The van der Waals surface area contributed by atoms with Gasteiger partial charge in [0, 0.05) is 6.42 Å². The minimum atomic E-state index is 0.0187. The first-order valence-electron chi connectivity index (χ1n) is 6.45. The van der Waals surface area contributed by atoms with E-state index >= 15 is 0 Å². The van der Waals surface area contributed by atoms with Crippen LogP contribution < -0.4 is 10.5 Å². The van der Waals surface area contributed by atoms with Gasteiger partial charge >= 0.3 is 0 Å². The number of anilines is 1. The van der Waals surface area contributed by atoms with Crippen LogP contribution in [-0.4, -0.2) is 22.9 Å². The van der Waals surface area contributed by atoms with Crippen LogP contribution in [0.15, 0.2) is 30.6 Å². The number of carbonyl (C=O) groups excluding carboxylic acids is 1. The number of nitrogen functional groups attached to an aromatic ring is 1. The molecule has 0 saturated heterocycles. The van der Waals surface area contributed by atoms with Crippen molar-refractivity contribution in [1.82, 2.24) is 9.97 Å². The van der Waals surface area contributed by atoms with E-state index in [9.17, 15) is 4.79 Å². The summed E-state index contributed by atoms with van der Waals surface area (Å²) in [6.45, 7) is 0. The monoisotopic (exact) mass is 269 g/mol.